The standard InChI is InChI=1S/C12H19ClN6/c1-14-10(12-15-4-5-16-12)11-9(13)8-17-19(11)7-6-18(2)3/h4-5,8,10,14H,6-7H2,1-3H3,(H,15,16). The number of rotatable bonds is 6. The predicted molar refractivity (Wildman–Crippen MR) is 75.3 cm³/mol. The molecule has 0 aliphatic carbocycles. The Kier molecular flexibility index (Phi) is 4.57. The van der Waals surface area contributed by atoms with Crippen molar-refractivity contribution in [2.75, 3.05) is 27.7 Å². The van der Waals surface area contributed by atoms with Gasteiger partial charge in [-0.25, -0.2) is 4.98 Å². The SMILES string of the molecule is CNC(c1ncc[nH]1)c1c(Cl)cnn1CCN(C)C. The molecule has 0 aliphatic heterocycles. The maximum absolute atomic E-state index is 6.27. The maximum Gasteiger partial charge on any atom is 0.129 e. The molecule has 2 N–H and O–H groups in total. The van der Waals surface area contributed by atoms with Gasteiger partial charge in [0.25, 0.3) is 0 Å². The Hall–Kier alpha value is -1.37. The molecule has 104 valence electrons. The van der Waals surface area contributed by atoms with Crippen LogP contribution in [0.3, 0.4) is 0 Å². The van der Waals surface area contributed by atoms with Crippen molar-refractivity contribution in [2.24, 2.45) is 0 Å². The lowest BCUT2D eigenvalue weighted by atomic mass is 10.2. The molecule has 2 heterocycles. The highest BCUT2D eigenvalue weighted by molar-refractivity contribution is 6.31. The van der Waals surface area contributed by atoms with Gasteiger partial charge in [-0.15, -0.1) is 0 Å². The van der Waals surface area contributed by atoms with Gasteiger partial charge in [-0.2, -0.15) is 5.10 Å². The second kappa shape index (κ2) is 6.18. The molecule has 2 aromatic rings. The number of aromatic nitrogens is 4. The first kappa shape index (κ1) is 14.0. The van der Waals surface area contributed by atoms with E-state index in [1.54, 1.807) is 18.6 Å². The van der Waals surface area contributed by atoms with E-state index in [4.69, 9.17) is 11.6 Å². The molecule has 0 amide bonds. The zero-order valence-corrected chi connectivity index (χ0v) is 12.1. The van der Waals surface area contributed by atoms with Crippen LogP contribution < -0.4 is 5.32 Å². The highest BCUT2D eigenvalue weighted by Gasteiger charge is 2.22. The number of imidazole rings is 1. The Morgan fingerprint density at radius 3 is 2.89 bits per heavy atom. The summed E-state index contributed by atoms with van der Waals surface area (Å²) >= 11 is 6.27. The molecule has 19 heavy (non-hydrogen) atoms. The van der Waals surface area contributed by atoms with Gasteiger partial charge in [0.1, 0.15) is 11.9 Å². The average Bonchev–Trinajstić information content (AvgIpc) is 3.00. The van der Waals surface area contributed by atoms with Crippen molar-refractivity contribution in [3.63, 3.8) is 0 Å². The van der Waals surface area contributed by atoms with Crippen LogP contribution >= 0.6 is 11.6 Å². The molecule has 0 spiro atoms. The fourth-order valence-corrected chi connectivity index (χ4v) is 2.22. The van der Waals surface area contributed by atoms with Gasteiger partial charge in [-0.3, -0.25) is 4.68 Å². The number of nitrogens with one attached hydrogen (secondary N) is 2. The van der Waals surface area contributed by atoms with Gasteiger partial charge in [-0.1, -0.05) is 11.6 Å². The lowest BCUT2D eigenvalue weighted by Gasteiger charge is -2.18. The van der Waals surface area contributed by atoms with Crippen molar-refractivity contribution >= 4 is 11.6 Å². The summed E-state index contributed by atoms with van der Waals surface area (Å²) in [4.78, 5) is 9.52. The summed E-state index contributed by atoms with van der Waals surface area (Å²) < 4.78 is 1.92. The Morgan fingerprint density at radius 2 is 2.32 bits per heavy atom. The molecule has 1 atom stereocenters. The van der Waals surface area contributed by atoms with E-state index in [0.29, 0.717) is 5.02 Å². The smallest absolute Gasteiger partial charge is 0.129 e. The quantitative estimate of drug-likeness (QED) is 0.834. The number of nitrogens with zero attached hydrogens (tertiary/aromatic N) is 4. The normalized spacial score (nSPS) is 13.1. The molecule has 7 heteroatoms. The van der Waals surface area contributed by atoms with Gasteiger partial charge in [0, 0.05) is 18.9 Å². The minimum atomic E-state index is -0.0906. The van der Waals surface area contributed by atoms with Crippen LogP contribution in [-0.4, -0.2) is 52.3 Å². The van der Waals surface area contributed by atoms with Gasteiger partial charge < -0.3 is 15.2 Å². The molecule has 1 unspecified atom stereocenters. The van der Waals surface area contributed by atoms with E-state index in [1.807, 2.05) is 25.8 Å². The first-order valence-electron chi connectivity index (χ1n) is 6.16. The largest absolute Gasteiger partial charge is 0.347 e. The van der Waals surface area contributed by atoms with E-state index < -0.39 is 0 Å². The fraction of sp³-hybridized carbons (Fsp3) is 0.500. The van der Waals surface area contributed by atoms with Crippen LogP contribution in [-0.2, 0) is 6.54 Å². The number of likely N-dealkylation sites (N-methyl/N-ethyl adjacent to an activating group) is 1. The molecule has 6 nitrogen and oxygen atoms in total. The molecular weight excluding hydrogens is 264 g/mol. The summed E-state index contributed by atoms with van der Waals surface area (Å²) in [6, 6.07) is -0.0906. The zero-order chi connectivity index (χ0) is 13.8. The molecule has 0 aromatic carbocycles. The van der Waals surface area contributed by atoms with Gasteiger partial charge in [-0.05, 0) is 21.1 Å². The van der Waals surface area contributed by atoms with Crippen molar-refractivity contribution in [1.82, 2.24) is 30.0 Å². The summed E-state index contributed by atoms with van der Waals surface area (Å²) in [5.41, 5.74) is 0.931. The van der Waals surface area contributed by atoms with E-state index >= 15 is 0 Å². The number of halogens is 1. The molecule has 0 saturated carbocycles. The molecular formula is C12H19ClN6. The molecule has 0 saturated heterocycles. The number of aromatic amines is 1. The van der Waals surface area contributed by atoms with E-state index in [9.17, 15) is 0 Å². The average molecular weight is 283 g/mol. The molecule has 0 fully saturated rings. The molecule has 0 radical (unpaired) electrons. The van der Waals surface area contributed by atoms with Crippen LogP contribution in [0.15, 0.2) is 18.6 Å². The third-order valence-electron chi connectivity index (χ3n) is 2.95. The van der Waals surface area contributed by atoms with Crippen molar-refractivity contribution in [1.29, 1.82) is 0 Å². The first-order valence-corrected chi connectivity index (χ1v) is 6.53. The Labute approximate surface area is 117 Å². The van der Waals surface area contributed by atoms with Crippen LogP contribution in [0.4, 0.5) is 0 Å². The first-order chi connectivity index (χ1) is 9.13. The Bertz CT molecular complexity index is 504. The monoisotopic (exact) mass is 282 g/mol. The van der Waals surface area contributed by atoms with Crippen LogP contribution in [0.25, 0.3) is 0 Å². The van der Waals surface area contributed by atoms with Gasteiger partial charge in [0.2, 0.25) is 0 Å². The summed E-state index contributed by atoms with van der Waals surface area (Å²) in [5, 5.41) is 8.21. The number of hydrogen-bond acceptors (Lipinski definition) is 4. The molecule has 0 aliphatic rings. The van der Waals surface area contributed by atoms with Crippen molar-refractivity contribution < 1.29 is 0 Å². The van der Waals surface area contributed by atoms with Gasteiger partial charge in [0.05, 0.1) is 23.5 Å². The number of H-pyrrole nitrogens is 1. The molecule has 2 rings (SSSR count). The third kappa shape index (κ3) is 3.15. The van der Waals surface area contributed by atoms with Crippen LogP contribution in [0.2, 0.25) is 5.02 Å². The van der Waals surface area contributed by atoms with Gasteiger partial charge in [0.15, 0.2) is 0 Å². The van der Waals surface area contributed by atoms with Crippen LogP contribution in [0.1, 0.15) is 17.6 Å². The minimum Gasteiger partial charge on any atom is -0.347 e. The lowest BCUT2D eigenvalue weighted by Crippen LogP contribution is -2.26. The van der Waals surface area contributed by atoms with Crippen molar-refractivity contribution in [3.05, 3.63) is 35.1 Å². The summed E-state index contributed by atoms with van der Waals surface area (Å²) in [7, 11) is 5.95. The Morgan fingerprint density at radius 1 is 1.53 bits per heavy atom. The van der Waals surface area contributed by atoms with Crippen LogP contribution in [0, 0.1) is 0 Å². The Balaban J connectivity index is 2.29. The van der Waals surface area contributed by atoms with Crippen LogP contribution in [0.5, 0.6) is 0 Å². The summed E-state index contributed by atoms with van der Waals surface area (Å²) in [6.45, 7) is 1.69. The topological polar surface area (TPSA) is 61.8 Å². The van der Waals surface area contributed by atoms with Gasteiger partial charge >= 0.3 is 0 Å². The highest BCUT2D eigenvalue weighted by atomic mass is 35.5. The second-order valence-corrected chi connectivity index (χ2v) is 5.01. The maximum atomic E-state index is 6.27. The lowest BCUT2D eigenvalue weighted by molar-refractivity contribution is 0.366. The number of hydrogen-bond donors (Lipinski definition) is 2. The highest BCUT2D eigenvalue weighted by Crippen LogP contribution is 2.26. The van der Waals surface area contributed by atoms with E-state index in [2.05, 4.69) is 25.3 Å². The summed E-state index contributed by atoms with van der Waals surface area (Å²) in [6.07, 6.45) is 5.21. The minimum absolute atomic E-state index is 0.0906. The molecule has 2 aromatic heterocycles. The molecule has 0 bridgehead atoms. The van der Waals surface area contributed by atoms with E-state index in [1.165, 1.54) is 0 Å². The zero-order valence-electron chi connectivity index (χ0n) is 11.4. The predicted octanol–water partition coefficient (Wildman–Crippen LogP) is 1.13. The van der Waals surface area contributed by atoms with E-state index in [-0.39, 0.29) is 6.04 Å². The second-order valence-electron chi connectivity index (χ2n) is 4.60. The third-order valence-corrected chi connectivity index (χ3v) is 3.24. The van der Waals surface area contributed by atoms with Crippen molar-refractivity contribution in [3.8, 4) is 0 Å². The summed E-state index contributed by atoms with van der Waals surface area (Å²) in [5.74, 6) is 0.830. The fourth-order valence-electron chi connectivity index (χ4n) is 1.97. The van der Waals surface area contributed by atoms with Crippen molar-refractivity contribution in [2.45, 2.75) is 12.6 Å². The van der Waals surface area contributed by atoms with E-state index in [0.717, 1.165) is 24.6 Å².